The van der Waals surface area contributed by atoms with Gasteiger partial charge in [-0.1, -0.05) is 26.8 Å². The van der Waals surface area contributed by atoms with Crippen LogP contribution in [0.4, 0.5) is 20.7 Å². The van der Waals surface area contributed by atoms with E-state index in [-0.39, 0.29) is 11.2 Å². The van der Waals surface area contributed by atoms with Crippen LogP contribution in [0.2, 0.25) is 0 Å². The second-order valence-electron chi connectivity index (χ2n) is 10.4. The van der Waals surface area contributed by atoms with Gasteiger partial charge in [0, 0.05) is 11.5 Å². The highest BCUT2D eigenvalue weighted by molar-refractivity contribution is 6.01. The monoisotopic (exact) mass is 538 g/mol. The standard InChI is InChI=1S/C30H27FN6O3/c1-30(2,3)26-16-27(37(36-26)19-11-9-18(31)10-12-19)34-29(38)33-23-13-14-25(20-6-5-15-39-28(20)23)40-24-8-4-7-22-21(24)17-32-35-22/h4-14,16-17H,15H2,1-3H3,(H,32,35)(H2,33,34,38). The molecule has 0 unspecified atom stereocenters. The molecule has 1 aliphatic heterocycles. The van der Waals surface area contributed by atoms with Gasteiger partial charge in [0.15, 0.2) is 5.75 Å². The van der Waals surface area contributed by atoms with Gasteiger partial charge in [-0.3, -0.25) is 10.4 Å². The summed E-state index contributed by atoms with van der Waals surface area (Å²) in [5.74, 6) is 1.81. The zero-order chi connectivity index (χ0) is 27.9. The summed E-state index contributed by atoms with van der Waals surface area (Å²) in [5.41, 5.74) is 3.17. The highest BCUT2D eigenvalue weighted by Gasteiger charge is 2.23. The average molecular weight is 539 g/mol. The Morgan fingerprint density at radius 3 is 2.70 bits per heavy atom. The molecule has 0 bridgehead atoms. The Labute approximate surface area is 229 Å². The maximum atomic E-state index is 13.6. The van der Waals surface area contributed by atoms with Crippen LogP contribution in [0.3, 0.4) is 0 Å². The molecule has 3 N–H and O–H groups in total. The van der Waals surface area contributed by atoms with E-state index in [0.29, 0.717) is 46.6 Å². The van der Waals surface area contributed by atoms with Crippen molar-refractivity contribution in [3.8, 4) is 22.9 Å². The number of halogens is 1. The number of carbonyl (C=O) groups is 1. The van der Waals surface area contributed by atoms with Gasteiger partial charge in [0.2, 0.25) is 0 Å². The van der Waals surface area contributed by atoms with Crippen LogP contribution in [-0.4, -0.2) is 32.6 Å². The van der Waals surface area contributed by atoms with Crippen molar-refractivity contribution >= 4 is 34.5 Å². The number of aromatic amines is 1. The Hall–Kier alpha value is -5.12. The van der Waals surface area contributed by atoms with E-state index in [1.807, 2.05) is 57.2 Å². The second kappa shape index (κ2) is 9.88. The van der Waals surface area contributed by atoms with Crippen LogP contribution in [0.15, 0.2) is 72.9 Å². The Balaban J connectivity index is 1.28. The fourth-order valence-electron chi connectivity index (χ4n) is 4.41. The number of urea groups is 1. The van der Waals surface area contributed by atoms with E-state index in [9.17, 15) is 9.18 Å². The second-order valence-corrected chi connectivity index (χ2v) is 10.4. The van der Waals surface area contributed by atoms with E-state index in [2.05, 4.69) is 25.9 Å². The molecule has 0 fully saturated rings. The molecule has 0 aliphatic carbocycles. The number of H-pyrrole nitrogens is 1. The normalized spacial score (nSPS) is 12.6. The molecule has 6 rings (SSSR count). The lowest BCUT2D eigenvalue weighted by Crippen LogP contribution is -2.22. The zero-order valence-electron chi connectivity index (χ0n) is 22.2. The van der Waals surface area contributed by atoms with E-state index < -0.39 is 6.03 Å². The van der Waals surface area contributed by atoms with Crippen LogP contribution in [0.1, 0.15) is 32.0 Å². The number of benzene rings is 3. The summed E-state index contributed by atoms with van der Waals surface area (Å²) in [6.07, 6.45) is 5.50. The lowest BCUT2D eigenvalue weighted by molar-refractivity contribution is 0.261. The summed E-state index contributed by atoms with van der Waals surface area (Å²) in [6, 6.07) is 16.4. The molecule has 202 valence electrons. The van der Waals surface area contributed by atoms with Gasteiger partial charge in [-0.2, -0.15) is 10.2 Å². The van der Waals surface area contributed by atoms with Gasteiger partial charge in [0.25, 0.3) is 0 Å². The molecule has 0 saturated carbocycles. The Kier molecular flexibility index (Phi) is 6.22. The van der Waals surface area contributed by atoms with Crippen molar-refractivity contribution in [3.63, 3.8) is 0 Å². The molecular weight excluding hydrogens is 511 g/mol. The van der Waals surface area contributed by atoms with Gasteiger partial charge < -0.3 is 14.8 Å². The minimum Gasteiger partial charge on any atom is -0.487 e. The third-order valence-corrected chi connectivity index (χ3v) is 6.47. The molecule has 10 heteroatoms. The zero-order valence-corrected chi connectivity index (χ0v) is 22.2. The maximum Gasteiger partial charge on any atom is 0.324 e. The van der Waals surface area contributed by atoms with Gasteiger partial charge in [-0.25, -0.2) is 13.9 Å². The van der Waals surface area contributed by atoms with Crippen molar-refractivity contribution in [2.75, 3.05) is 17.2 Å². The SMILES string of the molecule is CC(C)(C)c1cc(NC(=O)Nc2ccc(Oc3cccc4[nH]ncc34)c3c2OCC=C3)n(-c2ccc(F)cc2)n1. The number of nitrogens with zero attached hydrogens (tertiary/aromatic N) is 3. The molecule has 0 spiro atoms. The molecular formula is C30H27FN6O3. The number of fused-ring (bicyclic) bond motifs is 2. The number of nitrogens with one attached hydrogen (secondary N) is 3. The summed E-state index contributed by atoms with van der Waals surface area (Å²) in [6.45, 7) is 6.45. The average Bonchev–Trinajstić information content (AvgIpc) is 3.59. The number of ether oxygens (including phenoxy) is 2. The molecule has 2 aromatic heterocycles. The Morgan fingerprint density at radius 1 is 1.07 bits per heavy atom. The number of aromatic nitrogens is 4. The number of amides is 2. The number of rotatable bonds is 5. The van der Waals surface area contributed by atoms with Gasteiger partial charge in [-0.05, 0) is 60.7 Å². The molecule has 5 aromatic rings. The number of carbonyl (C=O) groups excluding carboxylic acids is 1. The van der Waals surface area contributed by atoms with Gasteiger partial charge in [0.05, 0.1) is 39.7 Å². The quantitative estimate of drug-likeness (QED) is 0.223. The molecule has 1 aliphatic rings. The molecule has 0 saturated heterocycles. The van der Waals surface area contributed by atoms with Gasteiger partial charge in [0.1, 0.15) is 29.7 Å². The smallest absolute Gasteiger partial charge is 0.324 e. The van der Waals surface area contributed by atoms with Crippen molar-refractivity contribution in [3.05, 3.63) is 90.0 Å². The third-order valence-electron chi connectivity index (χ3n) is 6.47. The Morgan fingerprint density at radius 2 is 1.90 bits per heavy atom. The molecule has 0 atom stereocenters. The molecule has 3 aromatic carbocycles. The lowest BCUT2D eigenvalue weighted by Gasteiger charge is -2.20. The van der Waals surface area contributed by atoms with E-state index in [1.165, 1.54) is 12.1 Å². The number of anilines is 2. The first kappa shape index (κ1) is 25.2. The van der Waals surface area contributed by atoms with Crippen LogP contribution in [0.5, 0.6) is 17.2 Å². The summed E-state index contributed by atoms with van der Waals surface area (Å²) < 4.78 is 27.3. The topological polar surface area (TPSA) is 106 Å². The minimum absolute atomic E-state index is 0.270. The molecule has 3 heterocycles. The largest absolute Gasteiger partial charge is 0.487 e. The Bertz CT molecular complexity index is 1750. The van der Waals surface area contributed by atoms with Gasteiger partial charge >= 0.3 is 6.03 Å². The van der Waals surface area contributed by atoms with Crippen LogP contribution < -0.4 is 20.1 Å². The fraction of sp³-hybridized carbons (Fsp3) is 0.167. The van der Waals surface area contributed by atoms with Crippen molar-refractivity contribution in [2.45, 2.75) is 26.2 Å². The van der Waals surface area contributed by atoms with Crippen LogP contribution >= 0.6 is 0 Å². The lowest BCUT2D eigenvalue weighted by atomic mass is 9.92. The summed E-state index contributed by atoms with van der Waals surface area (Å²) in [5, 5.41) is 18.3. The van der Waals surface area contributed by atoms with E-state index in [1.54, 1.807) is 35.1 Å². The highest BCUT2D eigenvalue weighted by Crippen LogP contribution is 2.41. The van der Waals surface area contributed by atoms with Crippen molar-refractivity contribution < 1.29 is 18.7 Å². The summed E-state index contributed by atoms with van der Waals surface area (Å²) >= 11 is 0. The van der Waals surface area contributed by atoms with Crippen LogP contribution in [0, 0.1) is 5.82 Å². The molecule has 40 heavy (non-hydrogen) atoms. The predicted molar refractivity (Wildman–Crippen MR) is 152 cm³/mol. The van der Waals surface area contributed by atoms with Crippen LogP contribution in [-0.2, 0) is 5.41 Å². The molecule has 9 nitrogen and oxygen atoms in total. The summed E-state index contributed by atoms with van der Waals surface area (Å²) in [4.78, 5) is 13.2. The van der Waals surface area contributed by atoms with E-state index in [0.717, 1.165) is 16.6 Å². The van der Waals surface area contributed by atoms with Crippen molar-refractivity contribution in [2.24, 2.45) is 0 Å². The van der Waals surface area contributed by atoms with Gasteiger partial charge in [-0.15, -0.1) is 0 Å². The maximum absolute atomic E-state index is 13.6. The van der Waals surface area contributed by atoms with Crippen molar-refractivity contribution in [1.29, 1.82) is 0 Å². The first-order chi connectivity index (χ1) is 19.3. The molecule has 2 amide bonds. The number of hydrogen-bond donors (Lipinski definition) is 3. The first-order valence-electron chi connectivity index (χ1n) is 12.8. The summed E-state index contributed by atoms with van der Waals surface area (Å²) in [7, 11) is 0. The first-order valence-corrected chi connectivity index (χ1v) is 12.8. The van der Waals surface area contributed by atoms with E-state index in [4.69, 9.17) is 9.47 Å². The van der Waals surface area contributed by atoms with E-state index >= 15 is 0 Å². The van der Waals surface area contributed by atoms with Crippen LogP contribution in [0.25, 0.3) is 22.7 Å². The highest BCUT2D eigenvalue weighted by atomic mass is 19.1. The minimum atomic E-state index is -0.485. The number of hydrogen-bond acceptors (Lipinski definition) is 5. The molecule has 0 radical (unpaired) electrons. The van der Waals surface area contributed by atoms with Crippen molar-refractivity contribution in [1.82, 2.24) is 20.0 Å². The predicted octanol–water partition coefficient (Wildman–Crippen LogP) is 7.03. The third kappa shape index (κ3) is 4.86. The fourth-order valence-corrected chi connectivity index (χ4v) is 4.41.